The molecule has 0 N–H and O–H groups in total. The zero-order valence-corrected chi connectivity index (χ0v) is 43.6. The Morgan fingerprint density at radius 1 is 0.301 bits per heavy atom. The molecule has 0 saturated carbocycles. The molecule has 83 heavy (non-hydrogen) atoms. The lowest BCUT2D eigenvalue weighted by Crippen LogP contribution is -2.04. The number of hydrogen-bond donors (Lipinski definition) is 0. The van der Waals surface area contributed by atoms with Gasteiger partial charge in [-0.05, 0) is 196 Å². The molecule has 0 saturated heterocycles. The van der Waals surface area contributed by atoms with E-state index in [0.717, 1.165) is 71.4 Å². The summed E-state index contributed by atoms with van der Waals surface area (Å²) in [7, 11) is 0. The van der Waals surface area contributed by atoms with Crippen LogP contribution in [0.1, 0.15) is 33.4 Å². The van der Waals surface area contributed by atoms with Gasteiger partial charge in [-0.2, -0.15) is 26.3 Å². The first-order valence-corrected chi connectivity index (χ1v) is 25.5. The van der Waals surface area contributed by atoms with E-state index < -0.39 is 0 Å². The molecule has 0 aliphatic heterocycles. The predicted molar refractivity (Wildman–Crippen MR) is 322 cm³/mol. The third kappa shape index (κ3) is 8.77. The molecule has 12 aromatic rings. The van der Waals surface area contributed by atoms with E-state index in [1.54, 1.807) is 84.9 Å². The molecule has 12 heteroatoms. The number of fused-ring (bicyclic) bond motifs is 6. The molecule has 0 aliphatic carbocycles. The Balaban J connectivity index is 1.22. The van der Waals surface area contributed by atoms with Gasteiger partial charge in [0.05, 0.1) is 113 Å². The Kier molecular flexibility index (Phi) is 12.3. The van der Waals surface area contributed by atoms with Crippen LogP contribution in [0.5, 0.6) is 0 Å². The summed E-state index contributed by atoms with van der Waals surface area (Å²) in [5.74, 6) is 0. The highest BCUT2D eigenvalue weighted by Crippen LogP contribution is 2.46. The van der Waals surface area contributed by atoms with Gasteiger partial charge in [0.15, 0.2) is 28.4 Å². The SMILES string of the molecule is [C-]#[N+]c1cc(C#N)cc(-c2ccc3c(c2)c2cc(-c4cc([N+]#[C-])cc([N+]#[C-])c4)ccc2n3-c2cc([N+]#[C-])c(-c3cc(C)cc(C#N)c3)cc2-n2c3ccc(-c4cc(C#N)cc(C#N)c4)cc3c3cc(-c4cc(C#N)cc([N+]#[C-])c4)ccc32)c1. The molecular weight excluding hydrogens is 1020 g/mol. The number of nitrogens with zero attached hydrogens (tertiary/aromatic N) is 12. The predicted octanol–water partition coefficient (Wildman–Crippen LogP) is 18.6. The van der Waals surface area contributed by atoms with Gasteiger partial charge in [0.2, 0.25) is 0 Å². The van der Waals surface area contributed by atoms with Crippen LogP contribution in [-0.4, -0.2) is 9.13 Å². The minimum absolute atomic E-state index is 0.299. The Bertz CT molecular complexity index is 4970. The number of nitriles is 5. The van der Waals surface area contributed by atoms with Gasteiger partial charge in [0.25, 0.3) is 0 Å². The van der Waals surface area contributed by atoms with Crippen molar-refractivity contribution in [3.8, 4) is 97.4 Å². The molecule has 0 aliphatic rings. The molecule has 2 aromatic heterocycles. The van der Waals surface area contributed by atoms with Crippen molar-refractivity contribution in [1.82, 2.24) is 9.13 Å². The van der Waals surface area contributed by atoms with E-state index in [1.807, 2.05) is 97.9 Å². The number of aryl methyl sites for hydroxylation is 1. The Morgan fingerprint density at radius 3 is 1.00 bits per heavy atom. The van der Waals surface area contributed by atoms with Crippen molar-refractivity contribution in [3.05, 3.63) is 266 Å². The third-order valence-electron chi connectivity index (χ3n) is 14.8. The van der Waals surface area contributed by atoms with E-state index in [4.69, 9.17) is 32.9 Å². The molecular formula is C71H32N12. The first kappa shape index (κ1) is 50.5. The van der Waals surface area contributed by atoms with Crippen molar-refractivity contribution in [2.24, 2.45) is 0 Å². The van der Waals surface area contributed by atoms with Crippen LogP contribution in [0.2, 0.25) is 0 Å². The average Bonchev–Trinajstić information content (AvgIpc) is 3.70. The maximum absolute atomic E-state index is 10.3. The lowest BCUT2D eigenvalue weighted by molar-refractivity contribution is 1.10. The van der Waals surface area contributed by atoms with Crippen LogP contribution in [0.4, 0.5) is 28.4 Å². The molecule has 12 nitrogen and oxygen atoms in total. The standard InChI is InChI=1S/C71H32N12/c1-41-15-42(36-72)22-55(16-41)60-34-70(82-66-11-7-47(51-18-43(37-73)17-44(19-51)38-74)29-61(66)62-30-48(8-12-67(62)82)52-20-45(39-75)23-56(25-52)77-2)71(35-65(60)81-6)83-68-13-9-49(53-21-46(40-76)24-57(26-53)78-3)31-63(68)64-32-50(10-14-69(64)83)54-27-58(79-4)33-59(28-54)80-5/h7-35H,1H3. The first-order chi connectivity index (χ1) is 40.5. The second-order valence-electron chi connectivity index (χ2n) is 19.7. The monoisotopic (exact) mass is 1050 g/mol. The summed E-state index contributed by atoms with van der Waals surface area (Å²) in [6.07, 6.45) is 0. The van der Waals surface area contributed by atoms with Gasteiger partial charge in [-0.1, -0.05) is 48.5 Å². The fourth-order valence-corrected chi connectivity index (χ4v) is 11.2. The van der Waals surface area contributed by atoms with Crippen LogP contribution in [0.25, 0.3) is 135 Å². The number of hydrogen-bond acceptors (Lipinski definition) is 5. The molecule has 0 unspecified atom stereocenters. The van der Waals surface area contributed by atoms with Crippen LogP contribution in [-0.2, 0) is 0 Å². The highest BCUT2D eigenvalue weighted by Gasteiger charge is 2.25. The average molecular weight is 1050 g/mol. The van der Waals surface area contributed by atoms with Gasteiger partial charge in [-0.15, -0.1) is 0 Å². The first-order valence-electron chi connectivity index (χ1n) is 25.5. The van der Waals surface area contributed by atoms with Crippen LogP contribution in [0.15, 0.2) is 176 Å². The van der Waals surface area contributed by atoms with E-state index in [0.29, 0.717) is 101 Å². The highest BCUT2D eigenvalue weighted by molar-refractivity contribution is 6.14. The Morgan fingerprint density at radius 2 is 0.627 bits per heavy atom. The molecule has 10 aromatic carbocycles. The van der Waals surface area contributed by atoms with Crippen molar-refractivity contribution in [3.63, 3.8) is 0 Å². The summed E-state index contributed by atoms with van der Waals surface area (Å²) in [5.41, 5.74) is 15.1. The Labute approximate surface area is 475 Å². The zero-order valence-electron chi connectivity index (χ0n) is 43.6. The fourth-order valence-electron chi connectivity index (χ4n) is 11.2. The van der Waals surface area contributed by atoms with Crippen molar-refractivity contribution < 1.29 is 0 Å². The van der Waals surface area contributed by atoms with Crippen LogP contribution >= 0.6 is 0 Å². The summed E-state index contributed by atoms with van der Waals surface area (Å²) in [4.78, 5) is 18.9. The molecule has 0 atom stereocenters. The van der Waals surface area contributed by atoms with Gasteiger partial charge in [-0.25, -0.2) is 24.2 Å². The van der Waals surface area contributed by atoms with Crippen LogP contribution in [0.3, 0.4) is 0 Å². The van der Waals surface area contributed by atoms with Crippen LogP contribution < -0.4 is 0 Å². The quantitative estimate of drug-likeness (QED) is 0.146. The zero-order chi connectivity index (χ0) is 57.6. The number of benzene rings is 10. The van der Waals surface area contributed by atoms with E-state index in [2.05, 4.69) is 63.7 Å². The molecule has 0 spiro atoms. The maximum atomic E-state index is 10.3. The number of rotatable bonds is 7. The largest absolute Gasteiger partial charge is 0.308 e. The van der Waals surface area contributed by atoms with Crippen molar-refractivity contribution in [2.75, 3.05) is 0 Å². The molecule has 0 bridgehead atoms. The summed E-state index contributed by atoms with van der Waals surface area (Å²) in [6, 6.07) is 64.3. The van der Waals surface area contributed by atoms with Gasteiger partial charge < -0.3 is 9.13 Å². The van der Waals surface area contributed by atoms with E-state index >= 15 is 0 Å². The Hall–Kier alpha value is -13.3. The molecule has 0 radical (unpaired) electrons. The van der Waals surface area contributed by atoms with E-state index in [9.17, 15) is 26.3 Å². The summed E-state index contributed by atoms with van der Waals surface area (Å²) >= 11 is 0. The summed E-state index contributed by atoms with van der Waals surface area (Å²) in [5, 5.41) is 53.5. The van der Waals surface area contributed by atoms with Gasteiger partial charge in [-0.3, -0.25) is 0 Å². The van der Waals surface area contributed by atoms with E-state index in [-0.39, 0.29) is 0 Å². The lowest BCUT2D eigenvalue weighted by Gasteiger charge is -2.20. The molecule has 0 amide bonds. The van der Waals surface area contributed by atoms with Gasteiger partial charge >= 0.3 is 0 Å². The van der Waals surface area contributed by atoms with Crippen molar-refractivity contribution in [2.45, 2.75) is 6.92 Å². The number of aromatic nitrogens is 2. The smallest absolute Gasteiger partial charge is 0.197 e. The minimum Gasteiger partial charge on any atom is -0.308 e. The topological polar surface area (TPSA) is 151 Å². The second-order valence-corrected chi connectivity index (χ2v) is 19.7. The summed E-state index contributed by atoms with van der Waals surface area (Å²) in [6.45, 7) is 42.1. The maximum Gasteiger partial charge on any atom is 0.197 e. The van der Waals surface area contributed by atoms with Gasteiger partial charge in [0.1, 0.15) is 0 Å². The van der Waals surface area contributed by atoms with Crippen molar-refractivity contribution in [1.29, 1.82) is 26.3 Å². The normalized spacial score (nSPS) is 10.6. The molecule has 0 fully saturated rings. The van der Waals surface area contributed by atoms with E-state index in [1.165, 1.54) is 0 Å². The van der Waals surface area contributed by atoms with Gasteiger partial charge in [0, 0.05) is 32.7 Å². The molecule has 376 valence electrons. The summed E-state index contributed by atoms with van der Waals surface area (Å²) < 4.78 is 4.24. The highest BCUT2D eigenvalue weighted by atomic mass is 15.1. The molecule has 12 rings (SSSR count). The third-order valence-corrected chi connectivity index (χ3v) is 14.8. The lowest BCUT2D eigenvalue weighted by atomic mass is 9.97. The fraction of sp³-hybridized carbons (Fsp3) is 0.0141. The van der Waals surface area contributed by atoms with Crippen LogP contribution in [0, 0.1) is 96.4 Å². The van der Waals surface area contributed by atoms with Crippen molar-refractivity contribution >= 4 is 72.0 Å². The minimum atomic E-state index is 0.299. The second kappa shape index (κ2) is 20.2. The molecule has 2 heterocycles.